The first-order chi connectivity index (χ1) is 8.27. The van der Waals surface area contributed by atoms with E-state index in [9.17, 15) is 9.59 Å². The van der Waals surface area contributed by atoms with E-state index in [1.54, 1.807) is 13.8 Å². The van der Waals surface area contributed by atoms with Crippen LogP contribution in [0.15, 0.2) is 18.6 Å². The minimum atomic E-state index is 0. The minimum absolute atomic E-state index is 0. The molecule has 0 amide bonds. The second-order valence-corrected chi connectivity index (χ2v) is 6.00. The van der Waals surface area contributed by atoms with Gasteiger partial charge in [-0.05, 0) is 72.9 Å². The Bertz CT molecular complexity index is 369. The summed E-state index contributed by atoms with van der Waals surface area (Å²) in [6.07, 6.45) is 0. The van der Waals surface area contributed by atoms with Gasteiger partial charge in [-0.1, -0.05) is 0 Å². The zero-order valence-corrected chi connectivity index (χ0v) is 16.5. The maximum absolute atomic E-state index is 11.1. The summed E-state index contributed by atoms with van der Waals surface area (Å²) in [4.78, 5) is 22.2. The van der Waals surface area contributed by atoms with Gasteiger partial charge < -0.3 is 10.6 Å². The van der Waals surface area contributed by atoms with Crippen molar-refractivity contribution >= 4 is 56.7 Å². The van der Waals surface area contributed by atoms with Gasteiger partial charge in [-0.15, -0.1) is 0 Å². The van der Waals surface area contributed by atoms with Crippen molar-refractivity contribution in [3.63, 3.8) is 0 Å². The van der Waals surface area contributed by atoms with E-state index in [-0.39, 0.29) is 28.6 Å². The van der Waals surface area contributed by atoms with Crippen LogP contribution >= 0.6 is 45.2 Å². The Hall–Kier alpha value is 0.399. The third-order valence-corrected chi connectivity index (χ3v) is 5.32. The van der Waals surface area contributed by atoms with Crippen molar-refractivity contribution in [1.29, 1.82) is 0 Å². The average molecular weight is 540 g/mol. The van der Waals surface area contributed by atoms with Crippen LogP contribution in [0.2, 0.25) is 0 Å². The van der Waals surface area contributed by atoms with E-state index in [1.807, 2.05) is 59.0 Å². The molecule has 0 heterocycles. The van der Waals surface area contributed by atoms with E-state index >= 15 is 0 Å². The molecule has 0 saturated carbocycles. The van der Waals surface area contributed by atoms with Crippen LogP contribution in [0.25, 0.3) is 0 Å². The van der Waals surface area contributed by atoms with Crippen LogP contribution in [0.5, 0.6) is 0 Å². The van der Waals surface area contributed by atoms with Crippen LogP contribution in [-0.2, 0) is 26.7 Å². The largest absolute Gasteiger partial charge is 0.386 e. The van der Waals surface area contributed by atoms with Crippen molar-refractivity contribution in [2.45, 2.75) is 27.7 Å². The summed E-state index contributed by atoms with van der Waals surface area (Å²) in [5.74, 6) is 0.131. The van der Waals surface area contributed by atoms with Crippen LogP contribution in [0.4, 0.5) is 0 Å². The van der Waals surface area contributed by atoms with E-state index in [2.05, 4.69) is 10.6 Å². The summed E-state index contributed by atoms with van der Waals surface area (Å²) in [6.45, 7) is 8.26. The molecule has 7 heteroatoms. The molecular formula is C12H18CuI2N2O2. The first-order valence-electron chi connectivity index (χ1n) is 5.49. The van der Waals surface area contributed by atoms with Crippen molar-refractivity contribution in [1.82, 2.24) is 10.6 Å². The maximum atomic E-state index is 11.1. The van der Waals surface area contributed by atoms with Gasteiger partial charge in [0.05, 0.1) is 7.16 Å². The molecule has 2 N–H and O–H groups in total. The van der Waals surface area contributed by atoms with Crippen molar-refractivity contribution in [3.05, 3.63) is 18.6 Å². The fraction of sp³-hybridized carbons (Fsp3) is 0.500. The quantitative estimate of drug-likeness (QED) is 0.226. The number of hydrogen-bond donors (Lipinski definition) is 2. The molecule has 4 nitrogen and oxygen atoms in total. The number of hydrogen-bond acceptors (Lipinski definition) is 4. The molecule has 0 aromatic heterocycles. The van der Waals surface area contributed by atoms with E-state index in [0.29, 0.717) is 13.1 Å². The molecule has 0 spiro atoms. The zero-order valence-electron chi connectivity index (χ0n) is 11.3. The zero-order chi connectivity index (χ0) is 14.3. The first-order valence-corrected chi connectivity index (χ1v) is 7.65. The molecule has 0 aromatic carbocycles. The smallest absolute Gasteiger partial charge is 0.167 e. The Morgan fingerprint density at radius 3 is 1.26 bits per heavy atom. The van der Waals surface area contributed by atoms with Gasteiger partial charge >= 0.3 is 0 Å². The molecule has 0 fully saturated rings. The molecular weight excluding hydrogens is 521 g/mol. The second-order valence-electron chi connectivity index (χ2n) is 3.84. The predicted octanol–water partition coefficient (Wildman–Crippen LogP) is 2.67. The summed E-state index contributed by atoms with van der Waals surface area (Å²) in [5.41, 5.74) is 1.76. The number of carbonyl (C=O) groups is 2. The number of ketones is 2. The third-order valence-electron chi connectivity index (χ3n) is 2.18. The topological polar surface area (TPSA) is 58.2 Å². The minimum Gasteiger partial charge on any atom is -0.386 e. The fourth-order valence-corrected chi connectivity index (χ4v) is 1.56. The molecule has 0 aliphatic carbocycles. The summed E-state index contributed by atoms with van der Waals surface area (Å²) in [6, 6.07) is 0. The molecule has 0 atom stereocenters. The second kappa shape index (κ2) is 11.1. The summed E-state index contributed by atoms with van der Waals surface area (Å²) in [5, 5.41) is 6.33. The van der Waals surface area contributed by atoms with Crippen LogP contribution in [0.3, 0.4) is 0 Å². The van der Waals surface area contributed by atoms with Gasteiger partial charge in [0.15, 0.2) is 11.6 Å². The monoisotopic (exact) mass is 539 g/mol. The van der Waals surface area contributed by atoms with E-state index < -0.39 is 0 Å². The van der Waals surface area contributed by atoms with Crippen LogP contribution < -0.4 is 10.6 Å². The molecule has 0 saturated heterocycles. The third kappa shape index (κ3) is 9.04. The van der Waals surface area contributed by atoms with Gasteiger partial charge in [-0.2, -0.15) is 0 Å². The first kappa shape index (κ1) is 21.7. The Kier molecular flexibility index (Phi) is 12.7. The average Bonchev–Trinajstić information content (AvgIpc) is 2.31. The summed E-state index contributed by atoms with van der Waals surface area (Å²) < 4.78 is 1.44. The molecule has 19 heavy (non-hydrogen) atoms. The number of Topliss-reactive ketones (excluding diaryl/α,β-unsaturated/α-hetero) is 2. The Labute approximate surface area is 152 Å². The van der Waals surface area contributed by atoms with Crippen LogP contribution in [0.1, 0.15) is 27.7 Å². The summed E-state index contributed by atoms with van der Waals surface area (Å²) >= 11 is 4.07. The van der Waals surface area contributed by atoms with Gasteiger partial charge in [-0.3, -0.25) is 9.59 Å². The van der Waals surface area contributed by atoms with Crippen molar-refractivity contribution in [2.75, 3.05) is 13.1 Å². The van der Waals surface area contributed by atoms with Gasteiger partial charge in [0.2, 0.25) is 0 Å². The Morgan fingerprint density at radius 1 is 0.789 bits per heavy atom. The normalized spacial score (nSPS) is 12.7. The van der Waals surface area contributed by atoms with Gasteiger partial charge in [-0.25, -0.2) is 0 Å². The van der Waals surface area contributed by atoms with Crippen LogP contribution in [-0.4, -0.2) is 24.7 Å². The number of nitrogens with one attached hydrogen (secondary N) is 2. The standard InChI is InChI=1S/C12H18I2N2O2.Cu/c1-7(11(13)9(3)17)15-5-6-16-8(2)12(14)10(4)18;/h15-16H,5-6H2,1-4H3;/b11-7+,12-8+;. The van der Waals surface area contributed by atoms with Gasteiger partial charge in [0, 0.05) is 41.6 Å². The summed E-state index contributed by atoms with van der Waals surface area (Å²) in [7, 11) is 0. The van der Waals surface area contributed by atoms with Crippen molar-refractivity contribution in [2.24, 2.45) is 0 Å². The fourth-order valence-electron chi connectivity index (χ4n) is 1.18. The van der Waals surface area contributed by atoms with Gasteiger partial charge in [0.25, 0.3) is 0 Å². The number of rotatable bonds is 7. The number of halogens is 2. The number of allylic oxidation sites excluding steroid dienone is 4. The molecule has 0 aromatic rings. The van der Waals surface area contributed by atoms with E-state index in [0.717, 1.165) is 18.6 Å². The van der Waals surface area contributed by atoms with Crippen molar-refractivity contribution in [3.8, 4) is 0 Å². The predicted molar refractivity (Wildman–Crippen MR) is 90.8 cm³/mol. The van der Waals surface area contributed by atoms with E-state index in [4.69, 9.17) is 0 Å². The molecule has 0 rings (SSSR count). The molecule has 113 valence electrons. The Morgan fingerprint density at radius 2 is 1.05 bits per heavy atom. The van der Waals surface area contributed by atoms with Gasteiger partial charge in [0.1, 0.15) is 0 Å². The van der Waals surface area contributed by atoms with Crippen molar-refractivity contribution < 1.29 is 26.7 Å². The molecule has 0 bridgehead atoms. The van der Waals surface area contributed by atoms with E-state index in [1.165, 1.54) is 0 Å². The van der Waals surface area contributed by atoms with Crippen LogP contribution in [0, 0.1) is 0 Å². The Balaban J connectivity index is 0. The number of carbonyl (C=O) groups excluding carboxylic acids is 2. The molecule has 0 aliphatic rings. The maximum Gasteiger partial charge on any atom is 0.167 e. The SMILES string of the molecule is CC(=O)/C(I)=C(/C)NCCN/C(C)=C(/I)C(C)=O.[Cu]. The molecule has 0 unspecified atom stereocenters. The molecule has 0 aliphatic heterocycles. The molecule has 1 radical (unpaired) electrons.